The second-order valence-electron chi connectivity index (χ2n) is 6.27. The van der Waals surface area contributed by atoms with Crippen molar-refractivity contribution < 1.29 is 9.53 Å². The van der Waals surface area contributed by atoms with Crippen LogP contribution in [-0.2, 0) is 4.74 Å². The van der Waals surface area contributed by atoms with E-state index in [0.717, 1.165) is 24.0 Å². The molecule has 2 heterocycles. The Morgan fingerprint density at radius 3 is 2.75 bits per heavy atom. The van der Waals surface area contributed by atoms with Gasteiger partial charge in [0.1, 0.15) is 5.60 Å². The molecule has 1 aromatic rings. The zero-order valence-electron chi connectivity index (χ0n) is 12.5. The number of hydrogen-bond acceptors (Lipinski definition) is 3. The summed E-state index contributed by atoms with van der Waals surface area (Å²) in [7, 11) is 0. The molecule has 1 saturated heterocycles. The zero-order valence-corrected chi connectivity index (χ0v) is 12.5. The highest BCUT2D eigenvalue weighted by atomic mass is 16.6. The second-order valence-corrected chi connectivity index (χ2v) is 6.27. The Labute approximate surface area is 118 Å². The van der Waals surface area contributed by atoms with Gasteiger partial charge in [-0.15, -0.1) is 0 Å². The van der Waals surface area contributed by atoms with Crippen molar-refractivity contribution in [2.24, 2.45) is 0 Å². The first kappa shape index (κ1) is 14.6. The van der Waals surface area contributed by atoms with E-state index in [4.69, 9.17) is 4.74 Å². The number of aromatic amines is 1. The number of hydrogen-bond donors (Lipinski definition) is 1. The van der Waals surface area contributed by atoms with Crippen LogP contribution in [0.4, 0.5) is 4.79 Å². The van der Waals surface area contributed by atoms with Crippen LogP contribution < -0.4 is 5.56 Å². The highest BCUT2D eigenvalue weighted by Gasteiger charge is 2.33. The first-order valence-corrected chi connectivity index (χ1v) is 6.97. The van der Waals surface area contributed by atoms with Crippen LogP contribution >= 0.6 is 0 Å². The maximum absolute atomic E-state index is 12.3. The Bertz CT molecular complexity index is 557. The lowest BCUT2D eigenvalue weighted by atomic mass is 10.0. The van der Waals surface area contributed by atoms with Crippen LogP contribution in [-0.4, -0.2) is 28.1 Å². The van der Waals surface area contributed by atoms with E-state index in [1.807, 2.05) is 27.7 Å². The van der Waals surface area contributed by atoms with E-state index in [0.29, 0.717) is 6.54 Å². The summed E-state index contributed by atoms with van der Waals surface area (Å²) < 4.78 is 5.45. The van der Waals surface area contributed by atoms with Crippen LogP contribution in [0, 0.1) is 6.92 Å². The lowest BCUT2D eigenvalue weighted by Gasteiger charge is -2.29. The normalized spacial score (nSPS) is 19.2. The molecule has 0 unspecified atom stereocenters. The van der Waals surface area contributed by atoms with Crippen molar-refractivity contribution in [3.05, 3.63) is 33.7 Å². The Balaban J connectivity index is 2.23. The van der Waals surface area contributed by atoms with E-state index < -0.39 is 5.60 Å². The fourth-order valence-electron chi connectivity index (χ4n) is 2.57. The summed E-state index contributed by atoms with van der Waals surface area (Å²) >= 11 is 0. The summed E-state index contributed by atoms with van der Waals surface area (Å²) in [5, 5.41) is 0. The molecule has 1 fully saturated rings. The van der Waals surface area contributed by atoms with Gasteiger partial charge in [-0.25, -0.2) is 4.79 Å². The predicted molar refractivity (Wildman–Crippen MR) is 76.7 cm³/mol. The van der Waals surface area contributed by atoms with Crippen molar-refractivity contribution in [3.8, 4) is 0 Å². The number of carbonyl (C=O) groups excluding carboxylic acids is 1. The average Bonchev–Trinajstić information content (AvgIpc) is 2.75. The minimum atomic E-state index is -0.496. The lowest BCUT2D eigenvalue weighted by molar-refractivity contribution is 0.0224. The van der Waals surface area contributed by atoms with Gasteiger partial charge in [0.05, 0.1) is 6.04 Å². The van der Waals surface area contributed by atoms with Crippen LogP contribution in [0.2, 0.25) is 0 Å². The van der Waals surface area contributed by atoms with Gasteiger partial charge in [0.2, 0.25) is 5.56 Å². The Morgan fingerprint density at radius 1 is 1.45 bits per heavy atom. The van der Waals surface area contributed by atoms with Gasteiger partial charge < -0.3 is 14.6 Å². The Hall–Kier alpha value is -1.78. The maximum Gasteiger partial charge on any atom is 0.410 e. The second kappa shape index (κ2) is 5.31. The van der Waals surface area contributed by atoms with E-state index >= 15 is 0 Å². The SMILES string of the molecule is Cc1cc(=O)[nH]cc1[C@@H]1CCCN1C(=O)OC(C)(C)C. The summed E-state index contributed by atoms with van der Waals surface area (Å²) in [6.45, 7) is 8.18. The molecule has 2 rings (SSSR count). The smallest absolute Gasteiger partial charge is 0.410 e. The molecule has 1 aromatic heterocycles. The molecule has 0 radical (unpaired) electrons. The van der Waals surface area contributed by atoms with E-state index in [2.05, 4.69) is 4.98 Å². The first-order chi connectivity index (χ1) is 9.28. The highest BCUT2D eigenvalue weighted by Crippen LogP contribution is 2.33. The molecular formula is C15H22N2O3. The van der Waals surface area contributed by atoms with Crippen LogP contribution in [0.5, 0.6) is 0 Å². The number of likely N-dealkylation sites (tertiary alicyclic amines) is 1. The molecule has 1 N–H and O–H groups in total. The van der Waals surface area contributed by atoms with E-state index in [9.17, 15) is 9.59 Å². The number of nitrogens with zero attached hydrogens (tertiary/aromatic N) is 1. The number of carbonyl (C=O) groups is 1. The van der Waals surface area contributed by atoms with Gasteiger partial charge >= 0.3 is 6.09 Å². The van der Waals surface area contributed by atoms with E-state index in [1.165, 1.54) is 0 Å². The topological polar surface area (TPSA) is 62.4 Å². The standard InChI is InChI=1S/C15H22N2O3/c1-10-8-13(18)16-9-11(10)12-6-5-7-17(12)14(19)20-15(2,3)4/h8-9,12H,5-7H2,1-4H3,(H,16,18)/t12-/m0/s1. The third-order valence-electron chi connectivity index (χ3n) is 3.41. The molecule has 5 heteroatoms. The van der Waals surface area contributed by atoms with Gasteiger partial charge in [0.25, 0.3) is 0 Å². The summed E-state index contributed by atoms with van der Waals surface area (Å²) in [6.07, 6.45) is 3.27. The molecule has 1 amide bonds. The average molecular weight is 278 g/mol. The summed E-state index contributed by atoms with van der Waals surface area (Å²) in [5.74, 6) is 0. The first-order valence-electron chi connectivity index (χ1n) is 6.97. The predicted octanol–water partition coefficient (Wildman–Crippen LogP) is 2.76. The molecule has 1 aliphatic rings. The number of aryl methyl sites for hydroxylation is 1. The van der Waals surface area contributed by atoms with Crippen molar-refractivity contribution in [1.82, 2.24) is 9.88 Å². The number of nitrogens with one attached hydrogen (secondary N) is 1. The number of H-pyrrole nitrogens is 1. The summed E-state index contributed by atoms with van der Waals surface area (Å²) in [6, 6.07) is 1.56. The fraction of sp³-hybridized carbons (Fsp3) is 0.600. The van der Waals surface area contributed by atoms with Gasteiger partial charge in [-0.05, 0) is 51.7 Å². The van der Waals surface area contributed by atoms with Crippen LogP contribution in [0.25, 0.3) is 0 Å². The number of aromatic nitrogens is 1. The van der Waals surface area contributed by atoms with Crippen molar-refractivity contribution >= 4 is 6.09 Å². The molecule has 5 nitrogen and oxygen atoms in total. The monoisotopic (exact) mass is 278 g/mol. The number of rotatable bonds is 1. The van der Waals surface area contributed by atoms with Crippen molar-refractivity contribution in [3.63, 3.8) is 0 Å². The van der Waals surface area contributed by atoms with Crippen molar-refractivity contribution in [1.29, 1.82) is 0 Å². The van der Waals surface area contributed by atoms with E-state index in [1.54, 1.807) is 17.2 Å². The maximum atomic E-state index is 12.3. The number of amides is 1. The van der Waals surface area contributed by atoms with Crippen LogP contribution in [0.3, 0.4) is 0 Å². The molecule has 0 saturated carbocycles. The summed E-state index contributed by atoms with van der Waals surface area (Å²) in [5.41, 5.74) is 1.29. The summed E-state index contributed by atoms with van der Waals surface area (Å²) in [4.78, 5) is 28.0. The van der Waals surface area contributed by atoms with Crippen molar-refractivity contribution in [2.45, 2.75) is 52.2 Å². The minimum absolute atomic E-state index is 0.0123. The molecule has 1 aliphatic heterocycles. The molecule has 110 valence electrons. The highest BCUT2D eigenvalue weighted by molar-refractivity contribution is 5.69. The molecule has 0 spiro atoms. The molecule has 0 aliphatic carbocycles. The van der Waals surface area contributed by atoms with Gasteiger partial charge in [-0.3, -0.25) is 4.79 Å². The minimum Gasteiger partial charge on any atom is -0.444 e. The molecule has 1 atom stereocenters. The van der Waals surface area contributed by atoms with E-state index in [-0.39, 0.29) is 17.7 Å². The largest absolute Gasteiger partial charge is 0.444 e. The zero-order chi connectivity index (χ0) is 14.9. The Morgan fingerprint density at radius 2 is 2.15 bits per heavy atom. The molecule has 20 heavy (non-hydrogen) atoms. The van der Waals surface area contributed by atoms with Gasteiger partial charge in [0.15, 0.2) is 0 Å². The molecular weight excluding hydrogens is 256 g/mol. The van der Waals surface area contributed by atoms with Crippen LogP contribution in [0.15, 0.2) is 17.1 Å². The lowest BCUT2D eigenvalue weighted by Crippen LogP contribution is -2.36. The van der Waals surface area contributed by atoms with Crippen molar-refractivity contribution in [2.75, 3.05) is 6.54 Å². The third kappa shape index (κ3) is 3.21. The Kier molecular flexibility index (Phi) is 3.88. The third-order valence-corrected chi connectivity index (χ3v) is 3.41. The van der Waals surface area contributed by atoms with Gasteiger partial charge in [0, 0.05) is 18.8 Å². The molecule has 0 aromatic carbocycles. The molecule has 0 bridgehead atoms. The number of pyridine rings is 1. The fourth-order valence-corrected chi connectivity index (χ4v) is 2.57. The van der Waals surface area contributed by atoms with Crippen LogP contribution in [0.1, 0.15) is 50.8 Å². The van der Waals surface area contributed by atoms with Gasteiger partial charge in [-0.1, -0.05) is 0 Å². The quantitative estimate of drug-likeness (QED) is 0.859. The van der Waals surface area contributed by atoms with Gasteiger partial charge in [-0.2, -0.15) is 0 Å². The number of ether oxygens (including phenoxy) is 1.